The minimum atomic E-state index is -2.97. The lowest BCUT2D eigenvalue weighted by Gasteiger charge is -2.00. The molecule has 0 atom stereocenters. The molecule has 0 spiro atoms. The van der Waals surface area contributed by atoms with E-state index in [1.165, 1.54) is 0 Å². The van der Waals surface area contributed by atoms with Gasteiger partial charge in [-0.3, -0.25) is 5.41 Å². The first-order valence-electron chi connectivity index (χ1n) is 3.89. The zero-order valence-electron chi connectivity index (χ0n) is 7.86. The van der Waals surface area contributed by atoms with Crippen molar-refractivity contribution >= 4 is 32.7 Å². The van der Waals surface area contributed by atoms with Crippen LogP contribution in [-0.2, 0) is 9.84 Å². The minimum Gasteiger partial charge on any atom is -0.370 e. The van der Waals surface area contributed by atoms with Crippen LogP contribution < -0.4 is 11.5 Å². The second-order valence-corrected chi connectivity index (χ2v) is 5.98. The van der Waals surface area contributed by atoms with E-state index in [0.717, 1.165) is 11.8 Å². The van der Waals surface area contributed by atoms with Gasteiger partial charge in [-0.15, -0.1) is 0 Å². The highest BCUT2D eigenvalue weighted by Crippen LogP contribution is 2.04. The first-order chi connectivity index (χ1) is 6.37. The summed E-state index contributed by atoms with van der Waals surface area (Å²) in [7, 11) is -2.97. The lowest BCUT2D eigenvalue weighted by molar-refractivity contribution is 0.599. The van der Waals surface area contributed by atoms with E-state index in [1.807, 2.05) is 0 Å². The summed E-state index contributed by atoms with van der Waals surface area (Å²) < 4.78 is 22.1. The number of sulfone groups is 1. The topological polar surface area (TPSA) is 122 Å². The number of nitrogens with zero attached hydrogens (tertiary/aromatic N) is 1. The summed E-state index contributed by atoms with van der Waals surface area (Å²) in [5.41, 5.74) is 10.1. The highest BCUT2D eigenvalue weighted by atomic mass is 32.2. The number of aliphatic imine (C=N–C) groups is 1. The molecule has 0 aliphatic heterocycles. The molecule has 14 heavy (non-hydrogen) atoms. The monoisotopic (exact) mass is 238 g/mol. The van der Waals surface area contributed by atoms with Gasteiger partial charge < -0.3 is 11.5 Å². The smallest absolute Gasteiger partial charge is 0.193 e. The van der Waals surface area contributed by atoms with Gasteiger partial charge in [-0.2, -0.15) is 4.99 Å². The summed E-state index contributed by atoms with van der Waals surface area (Å²) in [4.78, 5) is 3.45. The fourth-order valence-electron chi connectivity index (χ4n) is 0.559. The van der Waals surface area contributed by atoms with Gasteiger partial charge in [0.05, 0.1) is 5.75 Å². The Hall–Kier alpha value is -0.760. The average Bonchev–Trinajstić information content (AvgIpc) is 2.02. The number of nitrogens with two attached hydrogens (primary N) is 2. The first kappa shape index (κ1) is 13.2. The predicted octanol–water partition coefficient (Wildman–Crippen LogP) is -0.638. The van der Waals surface area contributed by atoms with E-state index in [-0.39, 0.29) is 22.6 Å². The lowest BCUT2D eigenvalue weighted by atomic mass is 10.9. The van der Waals surface area contributed by atoms with Gasteiger partial charge in [0.2, 0.25) is 0 Å². The van der Waals surface area contributed by atoms with Gasteiger partial charge in [-0.25, -0.2) is 8.42 Å². The molecule has 0 saturated heterocycles. The molecule has 5 N–H and O–H groups in total. The average molecular weight is 238 g/mol. The SMILES string of the molecule is CCS(=O)(=O)CCSC(=N)N=C(N)N. The molecule has 0 amide bonds. The molecule has 0 aromatic carbocycles. The molecule has 6 nitrogen and oxygen atoms in total. The Kier molecular flexibility index (Phi) is 5.55. The molecule has 0 aromatic heterocycles. The van der Waals surface area contributed by atoms with Crippen molar-refractivity contribution in [1.82, 2.24) is 0 Å². The van der Waals surface area contributed by atoms with Crippen molar-refractivity contribution in [3.8, 4) is 0 Å². The third-order valence-electron chi connectivity index (χ3n) is 1.30. The molecule has 0 bridgehead atoms. The molecule has 0 unspecified atom stereocenters. The molecular weight excluding hydrogens is 224 g/mol. The van der Waals surface area contributed by atoms with Gasteiger partial charge in [0.1, 0.15) is 0 Å². The maximum absolute atomic E-state index is 11.0. The molecule has 8 heteroatoms. The summed E-state index contributed by atoms with van der Waals surface area (Å²) in [6, 6.07) is 0. The summed E-state index contributed by atoms with van der Waals surface area (Å²) in [5.74, 6) is 0.256. The molecule has 0 rings (SSSR count). The molecule has 0 fully saturated rings. The van der Waals surface area contributed by atoms with Crippen LogP contribution in [0.2, 0.25) is 0 Å². The molecule has 0 saturated carbocycles. The fourth-order valence-corrected chi connectivity index (χ4v) is 2.56. The normalized spacial score (nSPS) is 10.9. The summed E-state index contributed by atoms with van der Waals surface area (Å²) in [6.45, 7) is 1.58. The van der Waals surface area contributed by atoms with Gasteiger partial charge in [0.15, 0.2) is 21.0 Å². The minimum absolute atomic E-state index is 0.0382. The van der Waals surface area contributed by atoms with E-state index in [0.29, 0.717) is 5.75 Å². The second-order valence-electron chi connectivity index (χ2n) is 2.43. The Labute approximate surface area is 87.6 Å². The largest absolute Gasteiger partial charge is 0.370 e. The molecule has 0 aliphatic rings. The van der Waals surface area contributed by atoms with Crippen LogP contribution in [0, 0.1) is 5.41 Å². The van der Waals surface area contributed by atoms with Gasteiger partial charge in [-0.05, 0) is 0 Å². The summed E-state index contributed by atoms with van der Waals surface area (Å²) in [5, 5.41) is 7.13. The maximum Gasteiger partial charge on any atom is 0.193 e. The zero-order chi connectivity index (χ0) is 11.2. The number of guanidine groups is 1. The number of nitrogens with one attached hydrogen (secondary N) is 1. The van der Waals surface area contributed by atoms with Crippen molar-refractivity contribution in [2.24, 2.45) is 16.5 Å². The van der Waals surface area contributed by atoms with Crippen molar-refractivity contribution in [3.05, 3.63) is 0 Å². The Morgan fingerprint density at radius 2 is 2.07 bits per heavy atom. The van der Waals surface area contributed by atoms with Gasteiger partial charge >= 0.3 is 0 Å². The van der Waals surface area contributed by atoms with Crippen molar-refractivity contribution in [3.63, 3.8) is 0 Å². The molecule has 82 valence electrons. The van der Waals surface area contributed by atoms with Crippen molar-refractivity contribution in [1.29, 1.82) is 5.41 Å². The van der Waals surface area contributed by atoms with Crippen LogP contribution in [0.15, 0.2) is 4.99 Å². The molecule has 0 aromatic rings. The number of hydrogen-bond donors (Lipinski definition) is 3. The molecular formula is C6H14N4O2S2. The number of rotatable bonds is 4. The van der Waals surface area contributed by atoms with E-state index in [1.54, 1.807) is 6.92 Å². The third kappa shape index (κ3) is 6.72. The Balaban J connectivity index is 3.88. The molecule has 0 aliphatic carbocycles. The maximum atomic E-state index is 11.0. The Morgan fingerprint density at radius 3 is 2.50 bits per heavy atom. The van der Waals surface area contributed by atoms with E-state index >= 15 is 0 Å². The van der Waals surface area contributed by atoms with Gasteiger partial charge in [0, 0.05) is 11.5 Å². The number of amidine groups is 1. The van der Waals surface area contributed by atoms with Crippen LogP contribution >= 0.6 is 11.8 Å². The Bertz CT molecular complexity index is 319. The van der Waals surface area contributed by atoms with E-state index in [9.17, 15) is 8.42 Å². The van der Waals surface area contributed by atoms with Crippen molar-refractivity contribution in [2.75, 3.05) is 17.3 Å². The lowest BCUT2D eigenvalue weighted by Crippen LogP contribution is -2.23. The van der Waals surface area contributed by atoms with Crippen LogP contribution in [-0.4, -0.2) is 36.8 Å². The molecule has 0 heterocycles. The fraction of sp³-hybridized carbons (Fsp3) is 0.667. The van der Waals surface area contributed by atoms with Crippen LogP contribution in [0.3, 0.4) is 0 Å². The number of hydrogen-bond acceptors (Lipinski definition) is 4. The van der Waals surface area contributed by atoms with E-state index in [4.69, 9.17) is 16.9 Å². The van der Waals surface area contributed by atoms with Gasteiger partial charge in [0.25, 0.3) is 0 Å². The highest BCUT2D eigenvalue weighted by molar-refractivity contribution is 8.14. The van der Waals surface area contributed by atoms with E-state index < -0.39 is 9.84 Å². The third-order valence-corrected chi connectivity index (χ3v) is 4.04. The summed E-state index contributed by atoms with van der Waals surface area (Å²) >= 11 is 1.00. The predicted molar refractivity (Wildman–Crippen MR) is 60.3 cm³/mol. The quantitative estimate of drug-likeness (QED) is 0.444. The van der Waals surface area contributed by atoms with Gasteiger partial charge in [-0.1, -0.05) is 18.7 Å². The molecule has 0 radical (unpaired) electrons. The van der Waals surface area contributed by atoms with Crippen molar-refractivity contribution in [2.45, 2.75) is 6.92 Å². The number of thioether (sulfide) groups is 1. The first-order valence-corrected chi connectivity index (χ1v) is 6.69. The second kappa shape index (κ2) is 5.86. The summed E-state index contributed by atoms with van der Waals surface area (Å²) in [6.07, 6.45) is 0. The van der Waals surface area contributed by atoms with Crippen LogP contribution in [0.1, 0.15) is 6.92 Å². The Morgan fingerprint density at radius 1 is 1.50 bits per heavy atom. The zero-order valence-corrected chi connectivity index (χ0v) is 9.49. The van der Waals surface area contributed by atoms with Crippen LogP contribution in [0.5, 0.6) is 0 Å². The van der Waals surface area contributed by atoms with Crippen LogP contribution in [0.4, 0.5) is 0 Å². The standard InChI is InChI=1S/C6H14N4O2S2/c1-2-14(11,12)4-3-13-6(9)10-5(7)8/h2-4H2,1H3,(H5,7,8,9,10). The van der Waals surface area contributed by atoms with E-state index in [2.05, 4.69) is 4.99 Å². The highest BCUT2D eigenvalue weighted by Gasteiger charge is 2.07. The van der Waals surface area contributed by atoms with Crippen LogP contribution in [0.25, 0.3) is 0 Å². The van der Waals surface area contributed by atoms with Crippen molar-refractivity contribution < 1.29 is 8.42 Å².